The highest BCUT2D eigenvalue weighted by Crippen LogP contribution is 2.37. The van der Waals surface area contributed by atoms with Gasteiger partial charge in [-0.3, -0.25) is 0 Å². The third-order valence-corrected chi connectivity index (χ3v) is 4.06. The summed E-state index contributed by atoms with van der Waals surface area (Å²) < 4.78 is 0. The average Bonchev–Trinajstić information content (AvgIpc) is 2.69. The molecule has 2 nitrogen and oxygen atoms in total. The minimum Gasteiger partial charge on any atom is -0.377 e. The van der Waals surface area contributed by atoms with E-state index < -0.39 is 0 Å². The average molecular weight is 232 g/mol. The molecule has 0 aliphatic carbocycles. The van der Waals surface area contributed by atoms with Crippen LogP contribution < -0.4 is 10.2 Å². The van der Waals surface area contributed by atoms with Crippen molar-refractivity contribution < 1.29 is 0 Å². The van der Waals surface area contributed by atoms with Crippen LogP contribution in [0.15, 0.2) is 12.1 Å². The maximum Gasteiger partial charge on any atom is 0.0427 e. The molecule has 1 aliphatic rings. The van der Waals surface area contributed by atoms with Crippen molar-refractivity contribution in [1.82, 2.24) is 5.32 Å². The van der Waals surface area contributed by atoms with Gasteiger partial charge in [-0.15, -0.1) is 0 Å². The summed E-state index contributed by atoms with van der Waals surface area (Å²) >= 11 is 0. The molecule has 2 rings (SSSR count). The summed E-state index contributed by atoms with van der Waals surface area (Å²) in [5.41, 5.74) is 5.71. The van der Waals surface area contributed by atoms with Gasteiger partial charge in [0.1, 0.15) is 0 Å². The molecular formula is C15H24N2. The number of nitrogens with one attached hydrogen (secondary N) is 1. The molecule has 0 spiro atoms. The molecule has 17 heavy (non-hydrogen) atoms. The zero-order valence-electron chi connectivity index (χ0n) is 11.7. The first-order valence-electron chi connectivity index (χ1n) is 6.48. The lowest BCUT2D eigenvalue weighted by atomic mass is 9.86. The van der Waals surface area contributed by atoms with Crippen LogP contribution in [0, 0.1) is 13.8 Å². The Kier molecular flexibility index (Phi) is 3.17. The highest BCUT2D eigenvalue weighted by atomic mass is 15.1. The van der Waals surface area contributed by atoms with Crippen molar-refractivity contribution >= 4 is 5.69 Å². The van der Waals surface area contributed by atoms with Crippen molar-refractivity contribution in [3.63, 3.8) is 0 Å². The van der Waals surface area contributed by atoms with Gasteiger partial charge in [0.25, 0.3) is 0 Å². The number of hydrogen-bond donors (Lipinski definition) is 1. The first-order chi connectivity index (χ1) is 7.94. The molecule has 1 aromatic rings. The number of hydrogen-bond acceptors (Lipinski definition) is 2. The van der Waals surface area contributed by atoms with E-state index in [2.05, 4.69) is 57.2 Å². The van der Waals surface area contributed by atoms with Gasteiger partial charge in [-0.1, -0.05) is 6.07 Å². The summed E-state index contributed by atoms with van der Waals surface area (Å²) in [5, 5.41) is 3.66. The molecule has 0 bridgehead atoms. The third kappa shape index (κ3) is 2.19. The minimum absolute atomic E-state index is 0.151. The van der Waals surface area contributed by atoms with Crippen LogP contribution in [0.2, 0.25) is 0 Å². The van der Waals surface area contributed by atoms with Gasteiger partial charge in [0.2, 0.25) is 0 Å². The number of benzene rings is 1. The van der Waals surface area contributed by atoms with Crippen LogP contribution >= 0.6 is 0 Å². The number of nitrogens with zero attached hydrogens (tertiary/aromatic N) is 1. The van der Waals surface area contributed by atoms with Crippen molar-refractivity contribution in [3.8, 4) is 0 Å². The van der Waals surface area contributed by atoms with E-state index in [1.165, 1.54) is 35.2 Å². The summed E-state index contributed by atoms with van der Waals surface area (Å²) in [6.45, 7) is 7.86. The van der Waals surface area contributed by atoms with Crippen LogP contribution in [-0.2, 0) is 5.54 Å². The standard InChI is InChI=1S/C15H24N2/c1-11-9-13(15(3)7-6-8-16-15)14(17(4)5)10-12(11)2/h9-10,16H,6-8H2,1-5H3. The Morgan fingerprint density at radius 1 is 1.18 bits per heavy atom. The first kappa shape index (κ1) is 12.4. The summed E-state index contributed by atoms with van der Waals surface area (Å²) in [4.78, 5) is 2.23. The van der Waals surface area contributed by atoms with E-state index >= 15 is 0 Å². The largest absolute Gasteiger partial charge is 0.377 e. The molecule has 0 aromatic heterocycles. The fourth-order valence-corrected chi connectivity index (χ4v) is 2.74. The van der Waals surface area contributed by atoms with E-state index in [0.29, 0.717) is 0 Å². The second kappa shape index (κ2) is 4.34. The predicted octanol–water partition coefficient (Wildman–Crippen LogP) is 2.97. The highest BCUT2D eigenvalue weighted by molar-refractivity contribution is 5.59. The molecule has 1 aliphatic heterocycles. The maximum absolute atomic E-state index is 3.66. The fourth-order valence-electron chi connectivity index (χ4n) is 2.74. The third-order valence-electron chi connectivity index (χ3n) is 4.06. The van der Waals surface area contributed by atoms with Crippen LogP contribution in [0.4, 0.5) is 5.69 Å². The zero-order chi connectivity index (χ0) is 12.6. The Morgan fingerprint density at radius 3 is 2.35 bits per heavy atom. The molecule has 0 saturated carbocycles. The van der Waals surface area contributed by atoms with Gasteiger partial charge in [-0.2, -0.15) is 0 Å². The van der Waals surface area contributed by atoms with E-state index in [1.807, 2.05) is 0 Å². The molecule has 1 N–H and O–H groups in total. The van der Waals surface area contributed by atoms with Gasteiger partial charge in [-0.05, 0) is 62.9 Å². The second-order valence-corrected chi connectivity index (χ2v) is 5.71. The van der Waals surface area contributed by atoms with Crippen molar-refractivity contribution in [2.75, 3.05) is 25.5 Å². The monoisotopic (exact) mass is 232 g/mol. The van der Waals surface area contributed by atoms with Gasteiger partial charge in [0.15, 0.2) is 0 Å². The second-order valence-electron chi connectivity index (χ2n) is 5.71. The van der Waals surface area contributed by atoms with E-state index in [4.69, 9.17) is 0 Å². The van der Waals surface area contributed by atoms with Gasteiger partial charge >= 0.3 is 0 Å². The van der Waals surface area contributed by atoms with Crippen LogP contribution in [-0.4, -0.2) is 20.6 Å². The van der Waals surface area contributed by atoms with Crippen LogP contribution in [0.3, 0.4) is 0 Å². The van der Waals surface area contributed by atoms with Crippen LogP contribution in [0.5, 0.6) is 0 Å². The lowest BCUT2D eigenvalue weighted by Crippen LogP contribution is -2.35. The SMILES string of the molecule is Cc1cc(N(C)C)c(C2(C)CCCN2)cc1C. The molecule has 1 saturated heterocycles. The van der Waals surface area contributed by atoms with Gasteiger partial charge in [-0.25, -0.2) is 0 Å². The van der Waals surface area contributed by atoms with Crippen molar-refractivity contribution in [3.05, 3.63) is 28.8 Å². The molecule has 94 valence electrons. The molecule has 1 fully saturated rings. The van der Waals surface area contributed by atoms with E-state index in [9.17, 15) is 0 Å². The molecule has 0 amide bonds. The molecular weight excluding hydrogens is 208 g/mol. The predicted molar refractivity (Wildman–Crippen MR) is 74.8 cm³/mol. The van der Waals surface area contributed by atoms with E-state index in [0.717, 1.165) is 6.54 Å². The minimum atomic E-state index is 0.151. The number of anilines is 1. The number of rotatable bonds is 2. The lowest BCUT2D eigenvalue weighted by Gasteiger charge is -2.31. The van der Waals surface area contributed by atoms with Gasteiger partial charge in [0.05, 0.1) is 0 Å². The molecule has 1 unspecified atom stereocenters. The van der Waals surface area contributed by atoms with Crippen molar-refractivity contribution in [2.24, 2.45) is 0 Å². The molecule has 1 heterocycles. The van der Waals surface area contributed by atoms with Crippen molar-refractivity contribution in [1.29, 1.82) is 0 Å². The van der Waals surface area contributed by atoms with Crippen LogP contribution in [0.25, 0.3) is 0 Å². The normalized spacial score (nSPS) is 24.1. The van der Waals surface area contributed by atoms with Gasteiger partial charge in [0, 0.05) is 25.3 Å². The Balaban J connectivity index is 2.54. The Bertz CT molecular complexity index is 415. The van der Waals surface area contributed by atoms with E-state index in [-0.39, 0.29) is 5.54 Å². The first-order valence-corrected chi connectivity index (χ1v) is 6.48. The molecule has 2 heteroatoms. The highest BCUT2D eigenvalue weighted by Gasteiger charge is 2.32. The summed E-state index contributed by atoms with van der Waals surface area (Å²) in [5.74, 6) is 0. The molecule has 0 radical (unpaired) electrons. The molecule has 1 aromatic carbocycles. The van der Waals surface area contributed by atoms with Crippen molar-refractivity contribution in [2.45, 2.75) is 39.2 Å². The zero-order valence-corrected chi connectivity index (χ0v) is 11.7. The van der Waals surface area contributed by atoms with Gasteiger partial charge < -0.3 is 10.2 Å². The Labute approximate surface area is 105 Å². The summed E-state index contributed by atoms with van der Waals surface area (Å²) in [7, 11) is 4.26. The Morgan fingerprint density at radius 2 is 1.82 bits per heavy atom. The fraction of sp³-hybridized carbons (Fsp3) is 0.600. The summed E-state index contributed by atoms with van der Waals surface area (Å²) in [6.07, 6.45) is 2.51. The summed E-state index contributed by atoms with van der Waals surface area (Å²) in [6, 6.07) is 4.68. The van der Waals surface area contributed by atoms with E-state index in [1.54, 1.807) is 0 Å². The Hall–Kier alpha value is -1.02. The topological polar surface area (TPSA) is 15.3 Å². The smallest absolute Gasteiger partial charge is 0.0427 e. The number of aryl methyl sites for hydroxylation is 2. The lowest BCUT2D eigenvalue weighted by molar-refractivity contribution is 0.435. The maximum atomic E-state index is 3.66. The van der Waals surface area contributed by atoms with Crippen LogP contribution in [0.1, 0.15) is 36.5 Å². The quantitative estimate of drug-likeness (QED) is 0.843. The molecule has 1 atom stereocenters.